The van der Waals surface area contributed by atoms with Crippen LogP contribution in [0.15, 0.2) is 12.1 Å². The molecule has 1 aliphatic rings. The summed E-state index contributed by atoms with van der Waals surface area (Å²) in [4.78, 5) is 24.0. The summed E-state index contributed by atoms with van der Waals surface area (Å²) in [7, 11) is 1.26. The Morgan fingerprint density at radius 2 is 2.00 bits per heavy atom. The number of carboxylic acid groups (broad SMARTS) is 1. The fourth-order valence-electron chi connectivity index (χ4n) is 3.02. The SMILES string of the molecule is COC(=O)c1cc(F)c(C)c(N[C@@H](C)C2CCN(C(=O)O)CC2)c1. The molecule has 0 saturated carbocycles. The number of piperidine rings is 1. The van der Waals surface area contributed by atoms with Crippen LogP contribution in [-0.2, 0) is 4.74 Å². The molecule has 24 heavy (non-hydrogen) atoms. The van der Waals surface area contributed by atoms with Crippen molar-refractivity contribution in [2.75, 3.05) is 25.5 Å². The van der Waals surface area contributed by atoms with E-state index in [0.717, 1.165) is 12.8 Å². The Hall–Kier alpha value is -2.31. The minimum absolute atomic E-state index is 0.0342. The molecular formula is C17H23FN2O4. The molecular weight excluding hydrogens is 315 g/mol. The van der Waals surface area contributed by atoms with Gasteiger partial charge in [-0.05, 0) is 44.7 Å². The van der Waals surface area contributed by atoms with Crippen LogP contribution < -0.4 is 5.32 Å². The fourth-order valence-corrected chi connectivity index (χ4v) is 3.02. The third-order valence-electron chi connectivity index (χ3n) is 4.67. The Kier molecular flexibility index (Phi) is 5.64. The van der Waals surface area contributed by atoms with Crippen molar-refractivity contribution >= 4 is 17.7 Å². The summed E-state index contributed by atoms with van der Waals surface area (Å²) in [5, 5.41) is 12.3. The van der Waals surface area contributed by atoms with Crippen molar-refractivity contribution < 1.29 is 23.8 Å². The number of hydrogen-bond donors (Lipinski definition) is 2. The minimum atomic E-state index is -0.891. The molecule has 6 nitrogen and oxygen atoms in total. The van der Waals surface area contributed by atoms with Gasteiger partial charge in [0.1, 0.15) is 5.82 Å². The second kappa shape index (κ2) is 7.51. The normalized spacial score (nSPS) is 16.6. The number of carbonyl (C=O) groups is 2. The molecule has 2 N–H and O–H groups in total. The summed E-state index contributed by atoms with van der Waals surface area (Å²) >= 11 is 0. The number of nitrogens with zero attached hydrogens (tertiary/aromatic N) is 1. The summed E-state index contributed by atoms with van der Waals surface area (Å²) in [6, 6.07) is 2.79. The lowest BCUT2D eigenvalue weighted by Gasteiger charge is -2.34. The largest absolute Gasteiger partial charge is 0.465 e. The lowest BCUT2D eigenvalue weighted by molar-refractivity contribution is 0.0600. The number of anilines is 1. The first-order valence-electron chi connectivity index (χ1n) is 7.96. The van der Waals surface area contributed by atoms with Crippen LogP contribution in [0.25, 0.3) is 0 Å². The average Bonchev–Trinajstić information content (AvgIpc) is 2.57. The van der Waals surface area contributed by atoms with Gasteiger partial charge >= 0.3 is 12.1 Å². The number of carbonyl (C=O) groups excluding carboxylic acids is 1. The third-order valence-corrected chi connectivity index (χ3v) is 4.67. The van der Waals surface area contributed by atoms with E-state index >= 15 is 0 Å². The topological polar surface area (TPSA) is 78.9 Å². The minimum Gasteiger partial charge on any atom is -0.465 e. The van der Waals surface area contributed by atoms with Crippen LogP contribution in [0.4, 0.5) is 14.9 Å². The molecule has 1 saturated heterocycles. The molecule has 1 aromatic rings. The van der Waals surface area contributed by atoms with Crippen molar-refractivity contribution in [3.63, 3.8) is 0 Å². The van der Waals surface area contributed by atoms with Gasteiger partial charge in [0.25, 0.3) is 0 Å². The zero-order valence-corrected chi connectivity index (χ0v) is 14.1. The number of rotatable bonds is 4. The second-order valence-electron chi connectivity index (χ2n) is 6.16. The number of likely N-dealkylation sites (tertiary alicyclic amines) is 1. The van der Waals surface area contributed by atoms with Gasteiger partial charge in [0.15, 0.2) is 0 Å². The van der Waals surface area contributed by atoms with Crippen molar-refractivity contribution in [2.24, 2.45) is 5.92 Å². The maximum absolute atomic E-state index is 14.0. The highest BCUT2D eigenvalue weighted by atomic mass is 19.1. The lowest BCUT2D eigenvalue weighted by atomic mass is 9.90. The van der Waals surface area contributed by atoms with Crippen molar-refractivity contribution in [3.05, 3.63) is 29.1 Å². The summed E-state index contributed by atoms with van der Waals surface area (Å²) in [5.74, 6) is -0.766. The molecule has 1 atom stereocenters. The quantitative estimate of drug-likeness (QED) is 0.825. The third kappa shape index (κ3) is 3.96. The number of esters is 1. The van der Waals surface area contributed by atoms with E-state index in [0.29, 0.717) is 24.3 Å². The second-order valence-corrected chi connectivity index (χ2v) is 6.16. The van der Waals surface area contributed by atoms with Crippen molar-refractivity contribution in [1.29, 1.82) is 0 Å². The van der Waals surface area contributed by atoms with Crippen LogP contribution in [0.3, 0.4) is 0 Å². The summed E-state index contributed by atoms with van der Waals surface area (Å²) in [6.07, 6.45) is 0.606. The number of ether oxygens (including phenoxy) is 1. The first-order chi connectivity index (χ1) is 11.3. The van der Waals surface area contributed by atoms with E-state index in [4.69, 9.17) is 5.11 Å². The Bertz CT molecular complexity index is 627. The van der Waals surface area contributed by atoms with E-state index in [-0.39, 0.29) is 17.5 Å². The first-order valence-corrected chi connectivity index (χ1v) is 7.96. The Labute approximate surface area is 140 Å². The predicted octanol–water partition coefficient (Wildman–Crippen LogP) is 3.11. The van der Waals surface area contributed by atoms with E-state index in [1.54, 1.807) is 13.0 Å². The van der Waals surface area contributed by atoms with Gasteiger partial charge in [-0.1, -0.05) is 0 Å². The summed E-state index contributed by atoms with van der Waals surface area (Å²) < 4.78 is 18.7. The molecule has 7 heteroatoms. The maximum atomic E-state index is 14.0. The van der Waals surface area contributed by atoms with Gasteiger partial charge in [-0.2, -0.15) is 0 Å². The smallest absolute Gasteiger partial charge is 0.407 e. The molecule has 1 heterocycles. The van der Waals surface area contributed by atoms with E-state index in [1.807, 2.05) is 6.92 Å². The molecule has 0 unspecified atom stereocenters. The maximum Gasteiger partial charge on any atom is 0.407 e. The Balaban J connectivity index is 2.09. The van der Waals surface area contributed by atoms with Gasteiger partial charge in [-0.3, -0.25) is 0 Å². The van der Waals surface area contributed by atoms with Gasteiger partial charge in [0.2, 0.25) is 0 Å². The molecule has 1 amide bonds. The highest BCUT2D eigenvalue weighted by Gasteiger charge is 2.26. The van der Waals surface area contributed by atoms with Crippen LogP contribution in [0.2, 0.25) is 0 Å². The Morgan fingerprint density at radius 1 is 1.38 bits per heavy atom. The van der Waals surface area contributed by atoms with E-state index < -0.39 is 17.9 Å². The van der Waals surface area contributed by atoms with E-state index in [9.17, 15) is 14.0 Å². The molecule has 2 rings (SSSR count). The van der Waals surface area contributed by atoms with Gasteiger partial charge in [-0.15, -0.1) is 0 Å². The van der Waals surface area contributed by atoms with E-state index in [2.05, 4.69) is 10.1 Å². The zero-order valence-electron chi connectivity index (χ0n) is 14.1. The van der Waals surface area contributed by atoms with Crippen molar-refractivity contribution in [1.82, 2.24) is 4.90 Å². The van der Waals surface area contributed by atoms with Crippen LogP contribution in [-0.4, -0.2) is 48.3 Å². The highest BCUT2D eigenvalue weighted by Crippen LogP contribution is 2.27. The van der Waals surface area contributed by atoms with E-state index in [1.165, 1.54) is 18.1 Å². The summed E-state index contributed by atoms with van der Waals surface area (Å²) in [5.41, 5.74) is 1.16. The number of amides is 1. The first kappa shape index (κ1) is 18.0. The molecule has 1 aromatic carbocycles. The van der Waals surface area contributed by atoms with Gasteiger partial charge < -0.3 is 20.1 Å². The molecule has 0 radical (unpaired) electrons. The molecule has 0 aliphatic carbocycles. The number of halogens is 1. The molecule has 1 fully saturated rings. The number of benzene rings is 1. The molecule has 0 spiro atoms. The Morgan fingerprint density at radius 3 is 2.54 bits per heavy atom. The number of hydrogen-bond acceptors (Lipinski definition) is 4. The van der Waals surface area contributed by atoms with Crippen molar-refractivity contribution in [3.8, 4) is 0 Å². The highest BCUT2D eigenvalue weighted by molar-refractivity contribution is 5.90. The number of nitrogens with one attached hydrogen (secondary N) is 1. The zero-order chi connectivity index (χ0) is 17.9. The lowest BCUT2D eigenvalue weighted by Crippen LogP contribution is -2.41. The van der Waals surface area contributed by atoms with Crippen molar-refractivity contribution in [2.45, 2.75) is 32.7 Å². The average molecular weight is 338 g/mol. The molecule has 1 aliphatic heterocycles. The van der Waals surface area contributed by atoms with Gasteiger partial charge in [-0.25, -0.2) is 14.0 Å². The standard InChI is InChI=1S/C17H23FN2O4/c1-10-14(18)8-13(16(21)24-3)9-15(10)19-11(2)12-4-6-20(7-5-12)17(22)23/h8-9,11-12,19H,4-7H2,1-3H3,(H,22,23)/t11-/m0/s1. The van der Waals surface area contributed by atoms with Gasteiger partial charge in [0, 0.05) is 30.4 Å². The van der Waals surface area contributed by atoms with Crippen LogP contribution in [0, 0.1) is 18.7 Å². The van der Waals surface area contributed by atoms with Crippen LogP contribution in [0.1, 0.15) is 35.7 Å². The molecule has 132 valence electrons. The summed E-state index contributed by atoms with van der Waals surface area (Å²) in [6.45, 7) is 4.64. The predicted molar refractivity (Wildman–Crippen MR) is 87.9 cm³/mol. The number of methoxy groups -OCH3 is 1. The monoisotopic (exact) mass is 338 g/mol. The van der Waals surface area contributed by atoms with Gasteiger partial charge in [0.05, 0.1) is 12.7 Å². The van der Waals surface area contributed by atoms with Crippen LogP contribution >= 0.6 is 0 Å². The fraction of sp³-hybridized carbons (Fsp3) is 0.529. The van der Waals surface area contributed by atoms with Crippen LogP contribution in [0.5, 0.6) is 0 Å². The molecule has 0 bridgehead atoms. The molecule has 0 aromatic heterocycles.